The molecule has 1 aromatic rings. The number of amides is 1. The molecule has 0 bridgehead atoms. The van der Waals surface area contributed by atoms with Crippen molar-refractivity contribution in [3.05, 3.63) is 18.0 Å². The molecule has 32 heavy (non-hydrogen) atoms. The molecule has 2 N–H and O–H groups in total. The lowest BCUT2D eigenvalue weighted by atomic mass is 9.95. The molecule has 1 aromatic heterocycles. The fourth-order valence-electron chi connectivity index (χ4n) is 3.08. The zero-order valence-corrected chi connectivity index (χ0v) is 18.6. The minimum Gasteiger partial charge on any atom is -0.503 e. The van der Waals surface area contributed by atoms with Crippen molar-refractivity contribution in [2.45, 2.75) is 52.4 Å². The lowest BCUT2D eigenvalue weighted by Gasteiger charge is -2.29. The molecule has 0 radical (unpaired) electrons. The summed E-state index contributed by atoms with van der Waals surface area (Å²) in [6.45, 7) is 5.97. The number of nitrogens with one attached hydrogen (secondary N) is 1. The van der Waals surface area contributed by atoms with Crippen LogP contribution >= 0.6 is 0 Å². The van der Waals surface area contributed by atoms with Crippen LogP contribution in [0.1, 0.15) is 44.6 Å². The van der Waals surface area contributed by atoms with Crippen molar-refractivity contribution in [3.8, 4) is 11.5 Å². The molecule has 2 heterocycles. The summed E-state index contributed by atoms with van der Waals surface area (Å²) in [5, 5.41) is 12.5. The Morgan fingerprint density at radius 3 is 2.59 bits per heavy atom. The SMILES string of the molecule is CCC1C(=O)OCC(NC(=O)c2nccc(OC)c2O)C(=O)OC(C)C1OC(=O)C(C)C. The van der Waals surface area contributed by atoms with Gasteiger partial charge >= 0.3 is 17.9 Å². The molecule has 4 atom stereocenters. The Morgan fingerprint density at radius 2 is 2.00 bits per heavy atom. The van der Waals surface area contributed by atoms with E-state index in [0.717, 1.165) is 0 Å². The third-order valence-electron chi connectivity index (χ3n) is 4.93. The van der Waals surface area contributed by atoms with E-state index in [-0.39, 0.29) is 17.9 Å². The Balaban J connectivity index is 2.25. The van der Waals surface area contributed by atoms with Gasteiger partial charge in [0, 0.05) is 12.3 Å². The molecule has 0 saturated carbocycles. The number of hydrogen-bond donors (Lipinski definition) is 2. The van der Waals surface area contributed by atoms with Gasteiger partial charge in [0.15, 0.2) is 29.3 Å². The highest BCUT2D eigenvalue weighted by Gasteiger charge is 2.41. The average Bonchev–Trinajstić information content (AvgIpc) is 2.78. The number of rotatable bonds is 6. The Bertz CT molecular complexity index is 871. The first kappa shape index (κ1) is 24.9. The van der Waals surface area contributed by atoms with Gasteiger partial charge in [0.25, 0.3) is 5.91 Å². The number of hydrogen-bond acceptors (Lipinski definition) is 10. The molecule has 1 aliphatic rings. The lowest BCUT2D eigenvalue weighted by molar-refractivity contribution is -0.176. The quantitative estimate of drug-likeness (QED) is 0.472. The molecule has 1 saturated heterocycles. The van der Waals surface area contributed by atoms with E-state index in [1.165, 1.54) is 26.3 Å². The maximum atomic E-state index is 12.7. The van der Waals surface area contributed by atoms with Crippen LogP contribution in [0, 0.1) is 11.8 Å². The first-order valence-corrected chi connectivity index (χ1v) is 10.2. The second kappa shape index (κ2) is 10.8. The van der Waals surface area contributed by atoms with Crippen LogP contribution in [-0.4, -0.2) is 65.9 Å². The van der Waals surface area contributed by atoms with E-state index < -0.39 is 66.3 Å². The summed E-state index contributed by atoms with van der Waals surface area (Å²) in [7, 11) is 1.31. The number of pyridine rings is 1. The third-order valence-corrected chi connectivity index (χ3v) is 4.93. The van der Waals surface area contributed by atoms with E-state index in [0.29, 0.717) is 0 Å². The molecule has 11 heteroatoms. The summed E-state index contributed by atoms with van der Waals surface area (Å²) < 4.78 is 21.0. The van der Waals surface area contributed by atoms with Gasteiger partial charge in [0.05, 0.1) is 18.9 Å². The number of methoxy groups -OCH3 is 1. The van der Waals surface area contributed by atoms with E-state index in [9.17, 15) is 24.3 Å². The molecule has 1 fully saturated rings. The summed E-state index contributed by atoms with van der Waals surface area (Å²) in [4.78, 5) is 53.9. The Hall–Kier alpha value is -3.37. The molecule has 11 nitrogen and oxygen atoms in total. The van der Waals surface area contributed by atoms with Crippen LogP contribution < -0.4 is 10.1 Å². The topological polar surface area (TPSA) is 150 Å². The minimum atomic E-state index is -1.38. The molecule has 176 valence electrons. The summed E-state index contributed by atoms with van der Waals surface area (Å²) in [5.41, 5.74) is -0.383. The highest BCUT2D eigenvalue weighted by atomic mass is 16.6. The molecule has 4 unspecified atom stereocenters. The van der Waals surface area contributed by atoms with Crippen LogP contribution in [0.4, 0.5) is 0 Å². The van der Waals surface area contributed by atoms with E-state index in [1.807, 2.05) is 0 Å². The summed E-state index contributed by atoms with van der Waals surface area (Å²) in [5.74, 6) is -4.85. The maximum Gasteiger partial charge on any atom is 0.332 e. The van der Waals surface area contributed by atoms with Gasteiger partial charge < -0.3 is 29.4 Å². The number of nitrogens with zero attached hydrogens (tertiary/aromatic N) is 1. The first-order valence-electron chi connectivity index (χ1n) is 10.2. The number of carbonyl (C=O) groups excluding carboxylic acids is 4. The summed E-state index contributed by atoms with van der Waals surface area (Å²) in [6, 6.07) is -0.0221. The second-order valence-electron chi connectivity index (χ2n) is 7.58. The van der Waals surface area contributed by atoms with E-state index in [1.54, 1.807) is 20.8 Å². The number of aromatic nitrogens is 1. The number of cyclic esters (lactones) is 2. The van der Waals surface area contributed by atoms with E-state index in [2.05, 4.69) is 10.3 Å². The van der Waals surface area contributed by atoms with E-state index in [4.69, 9.17) is 18.9 Å². The predicted octanol–water partition coefficient (Wildman–Crippen LogP) is 0.977. The molecule has 0 aliphatic carbocycles. The number of esters is 3. The second-order valence-corrected chi connectivity index (χ2v) is 7.58. The van der Waals surface area contributed by atoms with Crippen molar-refractivity contribution < 1.29 is 43.2 Å². The molecule has 1 amide bonds. The molecule has 1 aliphatic heterocycles. The Morgan fingerprint density at radius 1 is 1.31 bits per heavy atom. The number of ether oxygens (including phenoxy) is 4. The largest absolute Gasteiger partial charge is 0.503 e. The van der Waals surface area contributed by atoms with Crippen LogP contribution in [0.3, 0.4) is 0 Å². The molecular weight excluding hydrogens is 424 g/mol. The van der Waals surface area contributed by atoms with Gasteiger partial charge in [-0.1, -0.05) is 20.8 Å². The standard InChI is InChI=1S/C21H28N2O9/c1-6-12-17(32-19(26)10(2)3)11(4)31-21(28)13(9-30-20(12)27)23-18(25)15-16(24)14(29-5)7-8-22-15/h7-8,10-13,17,24H,6,9H2,1-5H3,(H,23,25). The van der Waals surface area contributed by atoms with Gasteiger partial charge in [-0.25, -0.2) is 9.78 Å². The maximum absolute atomic E-state index is 12.7. The van der Waals surface area contributed by atoms with Gasteiger partial charge in [-0.3, -0.25) is 14.4 Å². The van der Waals surface area contributed by atoms with Crippen LogP contribution in [0.5, 0.6) is 11.5 Å². The van der Waals surface area contributed by atoms with Crippen LogP contribution in [0.25, 0.3) is 0 Å². The molecule has 0 aromatic carbocycles. The Kier molecular flexibility index (Phi) is 8.39. The fraction of sp³-hybridized carbons (Fsp3) is 0.571. The van der Waals surface area contributed by atoms with Crippen molar-refractivity contribution in [3.63, 3.8) is 0 Å². The van der Waals surface area contributed by atoms with Crippen LogP contribution in [-0.2, 0) is 28.6 Å². The number of aromatic hydroxyl groups is 1. The Labute approximate surface area is 185 Å². The monoisotopic (exact) mass is 452 g/mol. The van der Waals surface area contributed by atoms with E-state index >= 15 is 0 Å². The minimum absolute atomic E-state index is 0.0165. The normalized spacial score (nSPS) is 23.8. The van der Waals surface area contributed by atoms with Crippen molar-refractivity contribution >= 4 is 23.8 Å². The number of carbonyl (C=O) groups is 4. The van der Waals surface area contributed by atoms with Crippen LogP contribution in [0.15, 0.2) is 12.3 Å². The highest BCUT2D eigenvalue weighted by molar-refractivity contribution is 5.98. The lowest BCUT2D eigenvalue weighted by Crippen LogP contribution is -2.46. The zero-order chi connectivity index (χ0) is 24.0. The van der Waals surface area contributed by atoms with Crippen molar-refractivity contribution in [1.82, 2.24) is 10.3 Å². The fourth-order valence-corrected chi connectivity index (χ4v) is 3.08. The highest BCUT2D eigenvalue weighted by Crippen LogP contribution is 2.28. The molecular formula is C21H28N2O9. The van der Waals surface area contributed by atoms with Crippen molar-refractivity contribution in [2.24, 2.45) is 11.8 Å². The molecule has 2 rings (SSSR count). The summed E-state index contributed by atoms with van der Waals surface area (Å²) in [6.07, 6.45) is -0.514. The predicted molar refractivity (Wildman–Crippen MR) is 109 cm³/mol. The molecule has 0 spiro atoms. The van der Waals surface area contributed by atoms with Gasteiger partial charge in [0.1, 0.15) is 12.7 Å². The zero-order valence-electron chi connectivity index (χ0n) is 18.6. The summed E-state index contributed by atoms with van der Waals surface area (Å²) >= 11 is 0. The van der Waals surface area contributed by atoms with Gasteiger partial charge in [0.2, 0.25) is 0 Å². The van der Waals surface area contributed by atoms with Crippen LogP contribution in [0.2, 0.25) is 0 Å². The van der Waals surface area contributed by atoms with Gasteiger partial charge in [-0.05, 0) is 13.3 Å². The first-order chi connectivity index (χ1) is 15.1. The van der Waals surface area contributed by atoms with Crippen molar-refractivity contribution in [2.75, 3.05) is 13.7 Å². The smallest absolute Gasteiger partial charge is 0.332 e. The third kappa shape index (κ3) is 5.65. The average molecular weight is 452 g/mol. The van der Waals surface area contributed by atoms with Crippen molar-refractivity contribution in [1.29, 1.82) is 0 Å². The van der Waals surface area contributed by atoms with Gasteiger partial charge in [-0.2, -0.15) is 0 Å². The van der Waals surface area contributed by atoms with Gasteiger partial charge in [-0.15, -0.1) is 0 Å².